The average Bonchev–Trinajstić information content (AvgIpc) is 3.14. The zero-order valence-corrected chi connectivity index (χ0v) is 19.1. The van der Waals surface area contributed by atoms with E-state index < -0.39 is 0 Å². The van der Waals surface area contributed by atoms with E-state index >= 15 is 0 Å². The maximum absolute atomic E-state index is 12.4. The second-order valence-electron chi connectivity index (χ2n) is 7.39. The fourth-order valence-electron chi connectivity index (χ4n) is 3.57. The summed E-state index contributed by atoms with van der Waals surface area (Å²) < 4.78 is 3.56. The molecule has 160 valence electrons. The first kappa shape index (κ1) is 21.1. The van der Waals surface area contributed by atoms with E-state index in [0.717, 1.165) is 40.9 Å². The van der Waals surface area contributed by atoms with Crippen LogP contribution < -0.4 is 10.5 Å². The molecule has 7 nitrogen and oxygen atoms in total. The Hall–Kier alpha value is -3.13. The van der Waals surface area contributed by atoms with Crippen LogP contribution >= 0.6 is 11.8 Å². The molecule has 0 fully saturated rings. The molecule has 0 aliphatic heterocycles. The third-order valence-corrected chi connectivity index (χ3v) is 6.35. The Balaban J connectivity index is 1.52. The topological polar surface area (TPSA) is 68.3 Å². The third kappa shape index (κ3) is 4.34. The van der Waals surface area contributed by atoms with E-state index in [1.807, 2.05) is 36.9 Å². The lowest BCUT2D eigenvalue weighted by molar-refractivity contribution is 0.793. The molecule has 31 heavy (non-hydrogen) atoms. The Bertz CT molecular complexity index is 1260. The molecule has 0 aliphatic carbocycles. The summed E-state index contributed by atoms with van der Waals surface area (Å²) >= 11 is 1.52. The highest BCUT2D eigenvalue weighted by Gasteiger charge is 2.13. The highest BCUT2D eigenvalue weighted by molar-refractivity contribution is 7.98. The standard InChI is InChI=1S/C23H26N6OS/c1-5-28(6-2)19-10-8-17(9-11-19)22-25-26-23(27(22)4)31-15-18-13-21(30)29-14-16(3)7-12-20(29)24-18/h7-14H,5-6,15H2,1-4H3. The SMILES string of the molecule is CCN(CC)c1ccc(-c2nnc(SCc3cc(=O)n4cc(C)ccc4n3)n2C)cc1. The van der Waals surface area contributed by atoms with Crippen molar-refractivity contribution in [2.75, 3.05) is 18.0 Å². The molecule has 0 amide bonds. The number of rotatable bonds is 7. The van der Waals surface area contributed by atoms with Gasteiger partial charge in [0.2, 0.25) is 0 Å². The summed E-state index contributed by atoms with van der Waals surface area (Å²) in [7, 11) is 1.96. The van der Waals surface area contributed by atoms with E-state index in [0.29, 0.717) is 11.4 Å². The number of aryl methyl sites for hydroxylation is 1. The molecule has 3 aromatic heterocycles. The first-order valence-electron chi connectivity index (χ1n) is 10.4. The van der Waals surface area contributed by atoms with Gasteiger partial charge in [-0.2, -0.15) is 0 Å². The van der Waals surface area contributed by atoms with E-state index in [1.54, 1.807) is 10.5 Å². The second-order valence-corrected chi connectivity index (χ2v) is 8.34. The number of thioether (sulfide) groups is 1. The van der Waals surface area contributed by atoms with Crippen LogP contribution in [0.5, 0.6) is 0 Å². The minimum atomic E-state index is -0.0729. The number of benzene rings is 1. The Morgan fingerprint density at radius 3 is 2.48 bits per heavy atom. The van der Waals surface area contributed by atoms with Crippen LogP contribution in [0.1, 0.15) is 25.1 Å². The van der Waals surface area contributed by atoms with Gasteiger partial charge in [0, 0.05) is 49.4 Å². The molecule has 0 saturated carbocycles. The molecule has 0 atom stereocenters. The van der Waals surface area contributed by atoms with Crippen LogP contribution in [0.25, 0.3) is 17.0 Å². The monoisotopic (exact) mass is 434 g/mol. The lowest BCUT2D eigenvalue weighted by Gasteiger charge is -2.21. The minimum absolute atomic E-state index is 0.0729. The van der Waals surface area contributed by atoms with Crippen LogP contribution in [0.2, 0.25) is 0 Å². The maximum Gasteiger partial charge on any atom is 0.258 e. The molecule has 8 heteroatoms. The normalized spacial score (nSPS) is 11.2. The van der Waals surface area contributed by atoms with Gasteiger partial charge in [-0.05, 0) is 56.7 Å². The molecule has 0 bridgehead atoms. The average molecular weight is 435 g/mol. The Labute approximate surface area is 185 Å². The van der Waals surface area contributed by atoms with Crippen molar-refractivity contribution >= 4 is 23.1 Å². The third-order valence-electron chi connectivity index (χ3n) is 5.30. The predicted molar refractivity (Wildman–Crippen MR) is 126 cm³/mol. The molecule has 4 rings (SSSR count). The summed E-state index contributed by atoms with van der Waals surface area (Å²) in [6.45, 7) is 8.23. The summed E-state index contributed by atoms with van der Waals surface area (Å²) in [5.41, 5.74) is 4.56. The van der Waals surface area contributed by atoms with E-state index in [1.165, 1.54) is 17.4 Å². The Morgan fingerprint density at radius 1 is 1.03 bits per heavy atom. The van der Waals surface area contributed by atoms with Gasteiger partial charge in [0.15, 0.2) is 11.0 Å². The van der Waals surface area contributed by atoms with Crippen molar-refractivity contribution in [2.24, 2.45) is 7.05 Å². The molecule has 0 aliphatic rings. The number of anilines is 1. The van der Waals surface area contributed by atoms with E-state index in [9.17, 15) is 4.79 Å². The van der Waals surface area contributed by atoms with Crippen molar-refractivity contribution in [3.05, 3.63) is 70.3 Å². The van der Waals surface area contributed by atoms with Gasteiger partial charge in [0.25, 0.3) is 5.56 Å². The quantitative estimate of drug-likeness (QED) is 0.411. The van der Waals surface area contributed by atoms with Crippen molar-refractivity contribution < 1.29 is 0 Å². The molecule has 0 N–H and O–H groups in total. The van der Waals surface area contributed by atoms with Gasteiger partial charge in [0.1, 0.15) is 5.65 Å². The van der Waals surface area contributed by atoms with Crippen molar-refractivity contribution in [1.82, 2.24) is 24.1 Å². The van der Waals surface area contributed by atoms with Gasteiger partial charge in [-0.1, -0.05) is 17.8 Å². The minimum Gasteiger partial charge on any atom is -0.372 e. The highest BCUT2D eigenvalue weighted by atomic mass is 32.2. The Morgan fingerprint density at radius 2 is 1.77 bits per heavy atom. The highest BCUT2D eigenvalue weighted by Crippen LogP contribution is 2.26. The molecule has 0 unspecified atom stereocenters. The van der Waals surface area contributed by atoms with Crippen LogP contribution in [0, 0.1) is 6.92 Å². The first-order valence-corrected chi connectivity index (χ1v) is 11.3. The van der Waals surface area contributed by atoms with Crippen LogP contribution in [0.15, 0.2) is 58.6 Å². The summed E-state index contributed by atoms with van der Waals surface area (Å²) in [5, 5.41) is 9.52. The predicted octanol–water partition coefficient (Wildman–Crippen LogP) is 3.94. The van der Waals surface area contributed by atoms with E-state index in [4.69, 9.17) is 0 Å². The zero-order chi connectivity index (χ0) is 22.0. The summed E-state index contributed by atoms with van der Waals surface area (Å²) in [6, 6.07) is 13.8. The number of fused-ring (bicyclic) bond motifs is 1. The van der Waals surface area contributed by atoms with Gasteiger partial charge in [-0.15, -0.1) is 10.2 Å². The number of hydrogen-bond donors (Lipinski definition) is 0. The van der Waals surface area contributed by atoms with Gasteiger partial charge in [-0.3, -0.25) is 9.20 Å². The molecule has 3 heterocycles. The number of aromatic nitrogens is 5. The number of hydrogen-bond acceptors (Lipinski definition) is 6. The lowest BCUT2D eigenvalue weighted by atomic mass is 10.2. The van der Waals surface area contributed by atoms with Crippen LogP contribution in [-0.2, 0) is 12.8 Å². The van der Waals surface area contributed by atoms with Crippen LogP contribution in [-0.4, -0.2) is 37.2 Å². The van der Waals surface area contributed by atoms with E-state index in [-0.39, 0.29) is 5.56 Å². The smallest absolute Gasteiger partial charge is 0.258 e. The largest absolute Gasteiger partial charge is 0.372 e. The molecular formula is C23H26N6OS. The second kappa shape index (κ2) is 8.93. The number of nitrogens with zero attached hydrogens (tertiary/aromatic N) is 6. The molecule has 0 saturated heterocycles. The molecule has 1 aromatic carbocycles. The van der Waals surface area contributed by atoms with Gasteiger partial charge < -0.3 is 9.47 Å². The van der Waals surface area contributed by atoms with Crippen molar-refractivity contribution in [3.8, 4) is 11.4 Å². The maximum atomic E-state index is 12.4. The molecule has 0 radical (unpaired) electrons. The zero-order valence-electron chi connectivity index (χ0n) is 18.2. The summed E-state index contributed by atoms with van der Waals surface area (Å²) in [6.07, 6.45) is 1.81. The van der Waals surface area contributed by atoms with Crippen molar-refractivity contribution in [3.63, 3.8) is 0 Å². The van der Waals surface area contributed by atoms with Crippen molar-refractivity contribution in [2.45, 2.75) is 31.7 Å². The van der Waals surface area contributed by atoms with E-state index in [2.05, 4.69) is 58.2 Å². The molecule has 4 aromatic rings. The van der Waals surface area contributed by atoms with Crippen molar-refractivity contribution in [1.29, 1.82) is 0 Å². The summed E-state index contributed by atoms with van der Waals surface area (Å²) in [5.74, 6) is 1.36. The van der Waals surface area contributed by atoms with Crippen LogP contribution in [0.4, 0.5) is 5.69 Å². The van der Waals surface area contributed by atoms with Gasteiger partial charge in [-0.25, -0.2) is 4.98 Å². The number of pyridine rings is 1. The van der Waals surface area contributed by atoms with Gasteiger partial charge >= 0.3 is 0 Å². The fraction of sp³-hybridized carbons (Fsp3) is 0.304. The lowest BCUT2D eigenvalue weighted by Crippen LogP contribution is -2.21. The first-order chi connectivity index (χ1) is 15.0. The molecule has 0 spiro atoms. The fourth-order valence-corrected chi connectivity index (χ4v) is 4.38. The van der Waals surface area contributed by atoms with Crippen LogP contribution in [0.3, 0.4) is 0 Å². The Kier molecular flexibility index (Phi) is 6.08. The molecular weight excluding hydrogens is 408 g/mol. The van der Waals surface area contributed by atoms with Gasteiger partial charge in [0.05, 0.1) is 5.69 Å². The summed E-state index contributed by atoms with van der Waals surface area (Å²) in [4.78, 5) is 19.3.